The van der Waals surface area contributed by atoms with Crippen LogP contribution in [0, 0.1) is 5.82 Å². The van der Waals surface area contributed by atoms with Crippen LogP contribution in [0.4, 0.5) is 21.0 Å². The van der Waals surface area contributed by atoms with Crippen LogP contribution in [0.5, 0.6) is 11.5 Å². The number of aromatic nitrogens is 2. The lowest BCUT2D eigenvalue weighted by Crippen LogP contribution is -2.50. The number of nitrogens with two attached hydrogens (primary N) is 1. The zero-order valence-electron chi connectivity index (χ0n) is 17.3. The molecule has 1 saturated heterocycles. The number of hydrogen-bond acceptors (Lipinski definition) is 8. The number of anilines is 2. The number of amides is 1. The summed E-state index contributed by atoms with van der Waals surface area (Å²) in [5.74, 6) is -0.0562. The lowest BCUT2D eigenvalue weighted by molar-refractivity contribution is 0.0240. The molecule has 1 fully saturated rings. The van der Waals surface area contributed by atoms with Crippen LogP contribution in [0.15, 0.2) is 6.07 Å². The summed E-state index contributed by atoms with van der Waals surface area (Å²) in [7, 11) is 2.77. The van der Waals surface area contributed by atoms with Crippen LogP contribution >= 0.6 is 0 Å². The van der Waals surface area contributed by atoms with Gasteiger partial charge in [0.25, 0.3) is 0 Å². The maximum Gasteiger partial charge on any atom is 0.410 e. The Morgan fingerprint density at radius 1 is 1.14 bits per heavy atom. The van der Waals surface area contributed by atoms with Gasteiger partial charge in [-0.1, -0.05) is 0 Å². The second-order valence-corrected chi connectivity index (χ2v) is 7.69. The quantitative estimate of drug-likeness (QED) is 0.828. The second kappa shape index (κ2) is 7.76. The number of carbonyl (C=O) groups excluding carboxylic acids is 1. The van der Waals surface area contributed by atoms with Crippen LogP contribution in [0.25, 0.3) is 10.9 Å². The predicted octanol–water partition coefficient (Wildman–Crippen LogP) is 2.43. The van der Waals surface area contributed by atoms with E-state index < -0.39 is 11.4 Å². The second-order valence-electron chi connectivity index (χ2n) is 7.69. The number of carbonyl (C=O) groups is 1. The smallest absolute Gasteiger partial charge is 0.410 e. The number of rotatable bonds is 3. The minimum atomic E-state index is -0.662. The third kappa shape index (κ3) is 4.20. The number of piperazine rings is 1. The van der Waals surface area contributed by atoms with Gasteiger partial charge in [-0.25, -0.2) is 14.2 Å². The summed E-state index contributed by atoms with van der Waals surface area (Å²) in [5.41, 5.74) is 5.57. The van der Waals surface area contributed by atoms with Gasteiger partial charge in [-0.05, 0) is 26.8 Å². The summed E-state index contributed by atoms with van der Waals surface area (Å²) in [6.45, 7) is 7.29. The number of fused-ring (bicyclic) bond motifs is 1. The van der Waals surface area contributed by atoms with Crippen molar-refractivity contribution in [1.82, 2.24) is 14.9 Å². The molecule has 1 aliphatic heterocycles. The van der Waals surface area contributed by atoms with Crippen molar-refractivity contribution in [3.05, 3.63) is 11.9 Å². The van der Waals surface area contributed by atoms with Gasteiger partial charge in [-0.3, -0.25) is 0 Å². The first-order chi connectivity index (χ1) is 13.6. The van der Waals surface area contributed by atoms with E-state index in [1.165, 1.54) is 14.2 Å². The molecule has 2 aromatic rings. The van der Waals surface area contributed by atoms with E-state index in [2.05, 4.69) is 9.97 Å². The number of methoxy groups -OCH3 is 2. The molecule has 2 N–H and O–H groups in total. The van der Waals surface area contributed by atoms with E-state index >= 15 is 0 Å². The van der Waals surface area contributed by atoms with Gasteiger partial charge < -0.3 is 29.7 Å². The molecule has 0 radical (unpaired) electrons. The molecule has 0 atom stereocenters. The Bertz CT molecular complexity index is 923. The Kier molecular flexibility index (Phi) is 5.54. The first-order valence-corrected chi connectivity index (χ1v) is 9.25. The molecule has 1 aromatic heterocycles. The lowest BCUT2D eigenvalue weighted by atomic mass is 10.2. The number of benzene rings is 1. The van der Waals surface area contributed by atoms with E-state index in [9.17, 15) is 9.18 Å². The van der Waals surface area contributed by atoms with Crippen LogP contribution in [0.2, 0.25) is 0 Å². The molecule has 3 rings (SSSR count). The number of nitrogens with zero attached hydrogens (tertiary/aromatic N) is 4. The molecular formula is C19H26FN5O4. The summed E-state index contributed by atoms with van der Waals surface area (Å²) < 4.78 is 30.6. The third-order valence-corrected chi connectivity index (χ3v) is 4.51. The van der Waals surface area contributed by atoms with Crippen LogP contribution in [-0.4, -0.2) is 67.0 Å². The largest absolute Gasteiger partial charge is 0.493 e. The van der Waals surface area contributed by atoms with Crippen molar-refractivity contribution in [1.29, 1.82) is 0 Å². The molecular weight excluding hydrogens is 381 g/mol. The lowest BCUT2D eigenvalue weighted by Gasteiger charge is -2.35. The SMILES string of the molecule is COc1cc2c(N)nc(N3CCN(C(=O)OC(C)(C)C)CC3)nc2c(F)c1OC. The maximum atomic E-state index is 14.9. The summed E-state index contributed by atoms with van der Waals surface area (Å²) in [6, 6.07) is 1.55. The Morgan fingerprint density at radius 2 is 1.79 bits per heavy atom. The summed E-state index contributed by atoms with van der Waals surface area (Å²) in [5, 5.41) is 0.344. The Hall–Kier alpha value is -3.04. The molecule has 29 heavy (non-hydrogen) atoms. The van der Waals surface area contributed by atoms with Gasteiger partial charge in [-0.15, -0.1) is 0 Å². The summed E-state index contributed by atoms with van der Waals surface area (Å²) in [4.78, 5) is 24.4. The van der Waals surface area contributed by atoms with E-state index in [4.69, 9.17) is 19.9 Å². The zero-order chi connectivity index (χ0) is 21.3. The monoisotopic (exact) mass is 407 g/mol. The van der Waals surface area contributed by atoms with Crippen molar-refractivity contribution < 1.29 is 23.4 Å². The van der Waals surface area contributed by atoms with Gasteiger partial charge in [0.05, 0.1) is 14.2 Å². The van der Waals surface area contributed by atoms with E-state index in [1.54, 1.807) is 11.0 Å². The molecule has 0 saturated carbocycles. The van der Waals surface area contributed by atoms with Crippen molar-refractivity contribution in [3.63, 3.8) is 0 Å². The maximum absolute atomic E-state index is 14.9. The molecule has 0 aliphatic carbocycles. The number of ether oxygens (including phenoxy) is 3. The highest BCUT2D eigenvalue weighted by molar-refractivity contribution is 5.92. The topological polar surface area (TPSA) is 103 Å². The minimum absolute atomic E-state index is 0.0428. The molecule has 2 heterocycles. The van der Waals surface area contributed by atoms with Crippen molar-refractivity contribution in [2.24, 2.45) is 0 Å². The fourth-order valence-corrected chi connectivity index (χ4v) is 3.10. The number of hydrogen-bond donors (Lipinski definition) is 1. The van der Waals surface area contributed by atoms with Gasteiger partial charge in [0.15, 0.2) is 17.3 Å². The highest BCUT2D eigenvalue weighted by Crippen LogP contribution is 2.37. The van der Waals surface area contributed by atoms with E-state index in [-0.39, 0.29) is 28.9 Å². The standard InChI is InChI=1S/C19H26FN5O4/c1-19(2,3)29-18(26)25-8-6-24(7-9-25)17-22-14-11(16(21)23-17)10-12(27-4)15(28-5)13(14)20/h10H,6-9H2,1-5H3,(H2,21,22,23). The molecule has 0 bridgehead atoms. The van der Waals surface area contributed by atoms with Crippen LogP contribution < -0.4 is 20.1 Å². The van der Waals surface area contributed by atoms with Crippen molar-refractivity contribution in [2.75, 3.05) is 51.0 Å². The summed E-state index contributed by atoms with van der Waals surface area (Å²) in [6.07, 6.45) is -0.362. The molecule has 1 aromatic carbocycles. The van der Waals surface area contributed by atoms with E-state index in [1.807, 2.05) is 25.7 Å². The molecule has 158 valence electrons. The van der Waals surface area contributed by atoms with E-state index in [0.29, 0.717) is 37.5 Å². The van der Waals surface area contributed by atoms with Crippen LogP contribution in [0.1, 0.15) is 20.8 Å². The van der Waals surface area contributed by atoms with Gasteiger partial charge in [0, 0.05) is 31.6 Å². The first kappa shape index (κ1) is 20.7. The molecule has 0 spiro atoms. The van der Waals surface area contributed by atoms with Gasteiger partial charge in [0.1, 0.15) is 16.9 Å². The number of halogens is 1. The van der Waals surface area contributed by atoms with Gasteiger partial charge >= 0.3 is 6.09 Å². The van der Waals surface area contributed by atoms with Crippen molar-refractivity contribution in [2.45, 2.75) is 26.4 Å². The molecule has 10 heteroatoms. The van der Waals surface area contributed by atoms with Crippen LogP contribution in [0.3, 0.4) is 0 Å². The first-order valence-electron chi connectivity index (χ1n) is 9.25. The fourth-order valence-electron chi connectivity index (χ4n) is 3.10. The molecule has 9 nitrogen and oxygen atoms in total. The third-order valence-electron chi connectivity index (χ3n) is 4.51. The zero-order valence-corrected chi connectivity index (χ0v) is 17.3. The molecule has 0 unspecified atom stereocenters. The summed E-state index contributed by atoms with van der Waals surface area (Å²) >= 11 is 0. The molecule has 1 aliphatic rings. The van der Waals surface area contributed by atoms with Crippen LogP contribution in [-0.2, 0) is 4.74 Å². The predicted molar refractivity (Wildman–Crippen MR) is 107 cm³/mol. The number of nitrogen functional groups attached to an aromatic ring is 1. The average Bonchev–Trinajstić information content (AvgIpc) is 2.67. The Labute approximate surface area is 168 Å². The Morgan fingerprint density at radius 3 is 2.34 bits per heavy atom. The normalized spacial score (nSPS) is 14.8. The van der Waals surface area contributed by atoms with Crippen molar-refractivity contribution >= 4 is 28.8 Å². The minimum Gasteiger partial charge on any atom is -0.493 e. The van der Waals surface area contributed by atoms with Gasteiger partial charge in [0.2, 0.25) is 5.95 Å². The average molecular weight is 407 g/mol. The molecule has 1 amide bonds. The Balaban J connectivity index is 1.84. The highest BCUT2D eigenvalue weighted by Gasteiger charge is 2.28. The highest BCUT2D eigenvalue weighted by atomic mass is 19.1. The fraction of sp³-hybridized carbons (Fsp3) is 0.526. The van der Waals surface area contributed by atoms with E-state index in [0.717, 1.165) is 0 Å². The van der Waals surface area contributed by atoms with Crippen molar-refractivity contribution in [3.8, 4) is 11.5 Å². The van der Waals surface area contributed by atoms with Gasteiger partial charge in [-0.2, -0.15) is 4.98 Å².